The molecule has 0 radical (unpaired) electrons. The maximum Gasteiger partial charge on any atom is 0.338 e. The van der Waals surface area contributed by atoms with Crippen LogP contribution in [0.3, 0.4) is 0 Å². The molecular formula is C14H16O4S. The number of hydrogen-bond donors (Lipinski definition) is 0. The monoisotopic (exact) mass is 280 g/mol. The fourth-order valence-electron chi connectivity index (χ4n) is 2.28. The van der Waals surface area contributed by atoms with Gasteiger partial charge in [0.1, 0.15) is 0 Å². The molecule has 0 saturated heterocycles. The first kappa shape index (κ1) is 13.8. The number of ether oxygens (including phenoxy) is 1. The molecular weight excluding hydrogens is 264 g/mol. The molecule has 0 heterocycles. The van der Waals surface area contributed by atoms with Gasteiger partial charge in [-0.2, -0.15) is 0 Å². The van der Waals surface area contributed by atoms with Crippen LogP contribution in [0.2, 0.25) is 0 Å². The minimum absolute atomic E-state index is 0.282. The van der Waals surface area contributed by atoms with Crippen molar-refractivity contribution in [2.75, 3.05) is 12.9 Å². The number of allylic oxidation sites excluding steroid dienone is 1. The lowest BCUT2D eigenvalue weighted by atomic mass is 10.1. The van der Waals surface area contributed by atoms with Crippen molar-refractivity contribution in [2.24, 2.45) is 0 Å². The highest BCUT2D eigenvalue weighted by Crippen LogP contribution is 2.34. The first-order valence-electron chi connectivity index (χ1n) is 6.04. The van der Waals surface area contributed by atoms with Gasteiger partial charge < -0.3 is 4.74 Å². The van der Waals surface area contributed by atoms with E-state index in [1.165, 1.54) is 12.3 Å². The van der Waals surface area contributed by atoms with E-state index in [0.29, 0.717) is 18.6 Å². The lowest BCUT2D eigenvalue weighted by molar-refractivity contribution is -0.136. The van der Waals surface area contributed by atoms with Crippen molar-refractivity contribution in [1.82, 2.24) is 0 Å². The van der Waals surface area contributed by atoms with E-state index in [9.17, 15) is 13.2 Å². The second-order valence-corrected chi connectivity index (χ2v) is 6.66. The summed E-state index contributed by atoms with van der Waals surface area (Å²) in [4.78, 5) is 12.2. The molecule has 1 aliphatic carbocycles. The Morgan fingerprint density at radius 1 is 1.37 bits per heavy atom. The summed E-state index contributed by atoms with van der Waals surface area (Å²) in [6.45, 7) is 3.95. The molecule has 5 heteroatoms. The van der Waals surface area contributed by atoms with Gasteiger partial charge in [-0.25, -0.2) is 13.2 Å². The molecule has 0 N–H and O–H groups in total. The molecule has 0 saturated carbocycles. The molecule has 0 atom stereocenters. The molecule has 1 aromatic carbocycles. The molecule has 1 aliphatic rings. The molecule has 4 nitrogen and oxygen atoms in total. The average Bonchev–Trinajstić information content (AvgIpc) is 2.62. The summed E-state index contributed by atoms with van der Waals surface area (Å²) in [5, 5.41) is 0. The third-order valence-electron chi connectivity index (χ3n) is 3.14. The van der Waals surface area contributed by atoms with Crippen molar-refractivity contribution in [3.8, 4) is 0 Å². The molecule has 0 fully saturated rings. The number of fused-ring (bicyclic) bond motifs is 1. The minimum Gasteiger partial charge on any atom is -0.462 e. The summed E-state index contributed by atoms with van der Waals surface area (Å²) in [5.41, 5.74) is 3.13. The number of carbonyl (C=O) groups excluding carboxylic acids is 1. The van der Waals surface area contributed by atoms with E-state index < -0.39 is 9.84 Å². The molecule has 0 unspecified atom stereocenters. The van der Waals surface area contributed by atoms with Crippen LogP contribution in [0.1, 0.15) is 25.0 Å². The second-order valence-electron chi connectivity index (χ2n) is 4.64. The highest BCUT2D eigenvalue weighted by atomic mass is 32.2. The summed E-state index contributed by atoms with van der Waals surface area (Å²) in [6.07, 6.45) is 1.77. The third-order valence-corrected chi connectivity index (χ3v) is 4.25. The highest BCUT2D eigenvalue weighted by molar-refractivity contribution is 7.90. The summed E-state index contributed by atoms with van der Waals surface area (Å²) < 4.78 is 28.1. The molecule has 102 valence electrons. The van der Waals surface area contributed by atoms with Crippen LogP contribution < -0.4 is 0 Å². The third kappa shape index (κ3) is 2.56. The van der Waals surface area contributed by atoms with Crippen LogP contribution in [0.15, 0.2) is 28.7 Å². The second kappa shape index (κ2) is 4.81. The van der Waals surface area contributed by atoms with Gasteiger partial charge in [0, 0.05) is 6.26 Å². The van der Waals surface area contributed by atoms with Gasteiger partial charge in [-0.15, -0.1) is 0 Å². The number of rotatable bonds is 3. The predicted octanol–water partition coefficient (Wildman–Crippen LogP) is 1.98. The van der Waals surface area contributed by atoms with Crippen molar-refractivity contribution < 1.29 is 17.9 Å². The summed E-state index contributed by atoms with van der Waals surface area (Å²) >= 11 is 0. The number of hydrogen-bond acceptors (Lipinski definition) is 4. The van der Waals surface area contributed by atoms with E-state index in [1.54, 1.807) is 19.1 Å². The topological polar surface area (TPSA) is 60.4 Å². The number of esters is 1. The average molecular weight is 280 g/mol. The number of benzene rings is 1. The van der Waals surface area contributed by atoms with E-state index in [1.807, 2.05) is 6.92 Å². The van der Waals surface area contributed by atoms with Gasteiger partial charge in [0.05, 0.1) is 17.1 Å². The van der Waals surface area contributed by atoms with E-state index in [0.717, 1.165) is 16.7 Å². The van der Waals surface area contributed by atoms with Crippen LogP contribution in [0.4, 0.5) is 0 Å². The Labute approximate surface area is 113 Å². The molecule has 0 bridgehead atoms. The summed E-state index contributed by atoms with van der Waals surface area (Å²) in [7, 11) is -3.22. The van der Waals surface area contributed by atoms with Crippen LogP contribution in [0.5, 0.6) is 0 Å². The smallest absolute Gasteiger partial charge is 0.338 e. The Morgan fingerprint density at radius 2 is 2.05 bits per heavy atom. The van der Waals surface area contributed by atoms with Crippen molar-refractivity contribution in [2.45, 2.75) is 25.2 Å². The zero-order valence-corrected chi connectivity index (χ0v) is 12.0. The molecule has 1 aromatic rings. The lowest BCUT2D eigenvalue weighted by Gasteiger charge is -2.07. The maximum atomic E-state index is 11.9. The van der Waals surface area contributed by atoms with Crippen LogP contribution in [0, 0.1) is 0 Å². The fourth-order valence-corrected chi connectivity index (χ4v) is 2.95. The maximum absolute atomic E-state index is 11.9. The van der Waals surface area contributed by atoms with Crippen LogP contribution in [-0.2, 0) is 25.8 Å². The Kier molecular flexibility index (Phi) is 3.49. The summed E-state index contributed by atoms with van der Waals surface area (Å²) in [6, 6.07) is 4.86. The zero-order chi connectivity index (χ0) is 14.2. The molecule has 2 rings (SSSR count). The predicted molar refractivity (Wildman–Crippen MR) is 72.5 cm³/mol. The molecule has 0 spiro atoms. The molecule has 0 aromatic heterocycles. The largest absolute Gasteiger partial charge is 0.462 e. The van der Waals surface area contributed by atoms with Gasteiger partial charge in [-0.05, 0) is 43.5 Å². The fraction of sp³-hybridized carbons (Fsp3) is 0.357. The quantitative estimate of drug-likeness (QED) is 0.794. The van der Waals surface area contributed by atoms with Crippen LogP contribution >= 0.6 is 0 Å². The van der Waals surface area contributed by atoms with Crippen molar-refractivity contribution >= 4 is 21.4 Å². The molecule has 0 amide bonds. The highest BCUT2D eigenvalue weighted by Gasteiger charge is 2.26. The van der Waals surface area contributed by atoms with Gasteiger partial charge in [-0.1, -0.05) is 11.6 Å². The zero-order valence-electron chi connectivity index (χ0n) is 11.2. The van der Waals surface area contributed by atoms with Crippen LogP contribution in [0.25, 0.3) is 5.57 Å². The van der Waals surface area contributed by atoms with E-state index >= 15 is 0 Å². The first-order chi connectivity index (χ1) is 8.84. The van der Waals surface area contributed by atoms with Crippen molar-refractivity contribution in [3.63, 3.8) is 0 Å². The Bertz CT molecular complexity index is 669. The number of sulfone groups is 1. The Hall–Kier alpha value is -1.62. The van der Waals surface area contributed by atoms with Crippen molar-refractivity contribution in [3.05, 3.63) is 34.9 Å². The normalized spacial score (nSPS) is 14.5. The van der Waals surface area contributed by atoms with E-state index in [4.69, 9.17) is 4.74 Å². The van der Waals surface area contributed by atoms with Gasteiger partial charge in [0.2, 0.25) is 0 Å². The Balaban J connectivity index is 2.46. The van der Waals surface area contributed by atoms with Gasteiger partial charge in [0.25, 0.3) is 0 Å². The van der Waals surface area contributed by atoms with Crippen molar-refractivity contribution in [1.29, 1.82) is 0 Å². The summed E-state index contributed by atoms with van der Waals surface area (Å²) in [5.74, 6) is -0.342. The molecule has 19 heavy (non-hydrogen) atoms. The lowest BCUT2D eigenvalue weighted by Crippen LogP contribution is -2.07. The van der Waals surface area contributed by atoms with Gasteiger partial charge >= 0.3 is 5.97 Å². The minimum atomic E-state index is -3.22. The first-order valence-corrected chi connectivity index (χ1v) is 7.94. The van der Waals surface area contributed by atoms with Gasteiger partial charge in [0.15, 0.2) is 9.84 Å². The van der Waals surface area contributed by atoms with Gasteiger partial charge in [-0.3, -0.25) is 0 Å². The SMILES string of the molecule is CCOC(=O)C1=C(C)Cc2cc(S(C)(=O)=O)ccc21. The van der Waals surface area contributed by atoms with E-state index in [-0.39, 0.29) is 10.9 Å². The molecule has 0 aliphatic heterocycles. The standard InChI is InChI=1S/C14H16O4S/c1-4-18-14(15)13-9(2)7-10-8-11(19(3,16)17)5-6-12(10)13/h5-6,8H,4,7H2,1-3H3. The van der Waals surface area contributed by atoms with Crippen LogP contribution in [-0.4, -0.2) is 27.2 Å². The Morgan fingerprint density at radius 3 is 2.63 bits per heavy atom. The van der Waals surface area contributed by atoms with E-state index in [2.05, 4.69) is 0 Å². The number of carbonyl (C=O) groups is 1.